The van der Waals surface area contributed by atoms with Crippen molar-refractivity contribution in [3.05, 3.63) is 15.0 Å². The number of nitrogens with zero attached hydrogens (tertiary/aromatic N) is 3. The fourth-order valence-electron chi connectivity index (χ4n) is 3.65. The molecule has 7 heteroatoms. The Morgan fingerprint density at radius 1 is 1.20 bits per heavy atom. The highest BCUT2D eigenvalue weighted by atomic mass is 35.5. The molecule has 2 heterocycles. The van der Waals surface area contributed by atoms with Crippen LogP contribution in [0.2, 0.25) is 4.47 Å². The predicted octanol–water partition coefficient (Wildman–Crippen LogP) is 4.48. The number of aromatic nitrogens is 1. The first-order valence-corrected chi connectivity index (χ1v) is 11.1. The molecule has 25 heavy (non-hydrogen) atoms. The van der Waals surface area contributed by atoms with Crippen LogP contribution in [0.15, 0.2) is 4.40 Å². The molecule has 0 N–H and O–H groups in total. The van der Waals surface area contributed by atoms with Crippen molar-refractivity contribution < 1.29 is 4.55 Å². The molecule has 0 radical (unpaired) electrons. The second kappa shape index (κ2) is 6.48. The summed E-state index contributed by atoms with van der Waals surface area (Å²) in [4.78, 5) is 8.27. The highest BCUT2D eigenvalue weighted by molar-refractivity contribution is 7.91. The summed E-state index contributed by atoms with van der Waals surface area (Å²) >= 11 is 6.42. The van der Waals surface area contributed by atoms with E-state index in [0.29, 0.717) is 4.47 Å². The second-order valence-electron chi connectivity index (χ2n) is 9.16. The predicted molar refractivity (Wildman–Crippen MR) is 108 cm³/mol. The summed E-state index contributed by atoms with van der Waals surface area (Å²) in [5.41, 5.74) is 1.99. The van der Waals surface area contributed by atoms with E-state index in [2.05, 4.69) is 30.7 Å². The monoisotopic (exact) mass is 401 g/mol. The number of rotatable bonds is 1. The van der Waals surface area contributed by atoms with E-state index >= 15 is 0 Å². The van der Waals surface area contributed by atoms with Gasteiger partial charge in [-0.1, -0.05) is 16.0 Å². The van der Waals surface area contributed by atoms with E-state index in [9.17, 15) is 4.55 Å². The summed E-state index contributed by atoms with van der Waals surface area (Å²) in [5.74, 6) is 0. The number of hydrogen-bond donors (Lipinski definition) is 0. The van der Waals surface area contributed by atoms with Crippen molar-refractivity contribution in [2.75, 3.05) is 13.1 Å². The SMILES string of the molecule is CC(C)(C)N1CCC2(CC1)Cc1sc(Cl)nc1/C2=N\[S@+]([O-])C(C)(C)C. The molecule has 1 aliphatic heterocycles. The average molecular weight is 402 g/mol. The number of halogens is 1. The van der Waals surface area contributed by atoms with Crippen molar-refractivity contribution in [2.24, 2.45) is 9.81 Å². The van der Waals surface area contributed by atoms with Crippen LogP contribution in [0.3, 0.4) is 0 Å². The zero-order valence-electron chi connectivity index (χ0n) is 16.0. The van der Waals surface area contributed by atoms with Gasteiger partial charge in [-0.25, -0.2) is 4.98 Å². The minimum Gasteiger partial charge on any atom is -0.591 e. The van der Waals surface area contributed by atoms with Gasteiger partial charge in [-0.3, -0.25) is 4.90 Å². The molecule has 0 aromatic carbocycles. The van der Waals surface area contributed by atoms with Crippen LogP contribution in [0, 0.1) is 5.41 Å². The molecule has 0 bridgehead atoms. The molecule has 1 atom stereocenters. The number of likely N-dealkylation sites (tertiary alicyclic amines) is 1. The van der Waals surface area contributed by atoms with Crippen LogP contribution in [0.4, 0.5) is 0 Å². The van der Waals surface area contributed by atoms with Crippen molar-refractivity contribution in [3.8, 4) is 0 Å². The van der Waals surface area contributed by atoms with Crippen LogP contribution < -0.4 is 0 Å². The third-order valence-corrected chi connectivity index (χ3v) is 7.82. The topological polar surface area (TPSA) is 51.5 Å². The molecule has 0 saturated carbocycles. The van der Waals surface area contributed by atoms with Gasteiger partial charge < -0.3 is 4.55 Å². The molecule has 1 aromatic heterocycles. The highest BCUT2D eigenvalue weighted by Crippen LogP contribution is 2.48. The first kappa shape index (κ1) is 19.6. The largest absolute Gasteiger partial charge is 0.591 e. The Labute approximate surface area is 163 Å². The number of hydrogen-bond acceptors (Lipinski definition) is 5. The van der Waals surface area contributed by atoms with E-state index in [1.165, 1.54) is 4.88 Å². The fraction of sp³-hybridized carbons (Fsp3) is 0.778. The van der Waals surface area contributed by atoms with E-state index in [1.807, 2.05) is 20.8 Å². The van der Waals surface area contributed by atoms with Crippen LogP contribution in [-0.4, -0.2) is 43.5 Å². The maximum Gasteiger partial charge on any atom is 0.184 e. The van der Waals surface area contributed by atoms with Crippen molar-refractivity contribution in [1.82, 2.24) is 9.88 Å². The summed E-state index contributed by atoms with van der Waals surface area (Å²) in [5, 5.41) is 0. The van der Waals surface area contributed by atoms with Crippen molar-refractivity contribution >= 4 is 40.0 Å². The molecule has 3 rings (SSSR count). The maximum atomic E-state index is 12.7. The summed E-state index contributed by atoms with van der Waals surface area (Å²) in [6.45, 7) is 14.8. The Bertz CT molecular complexity index is 679. The van der Waals surface area contributed by atoms with Gasteiger partial charge in [0, 0.05) is 15.8 Å². The lowest BCUT2D eigenvalue weighted by molar-refractivity contribution is 0.0723. The minimum atomic E-state index is -1.28. The zero-order valence-corrected chi connectivity index (χ0v) is 18.4. The molecule has 1 saturated heterocycles. The summed E-state index contributed by atoms with van der Waals surface area (Å²) in [6, 6.07) is 0. The van der Waals surface area contributed by atoms with Gasteiger partial charge in [0.05, 0.1) is 0 Å². The van der Waals surface area contributed by atoms with E-state index in [1.54, 1.807) is 11.3 Å². The van der Waals surface area contributed by atoms with Gasteiger partial charge in [-0.05, 0) is 73.9 Å². The lowest BCUT2D eigenvalue weighted by Gasteiger charge is -2.45. The molecule has 0 amide bonds. The first-order chi connectivity index (χ1) is 11.4. The number of thiazole rings is 1. The van der Waals surface area contributed by atoms with Gasteiger partial charge in [-0.15, -0.1) is 11.3 Å². The Morgan fingerprint density at radius 3 is 2.32 bits per heavy atom. The van der Waals surface area contributed by atoms with E-state index < -0.39 is 11.4 Å². The normalized spacial score (nSPS) is 24.1. The summed E-state index contributed by atoms with van der Waals surface area (Å²) < 4.78 is 17.6. The molecule has 4 nitrogen and oxygen atoms in total. The Morgan fingerprint density at radius 2 is 1.80 bits per heavy atom. The van der Waals surface area contributed by atoms with Gasteiger partial charge in [0.25, 0.3) is 0 Å². The molecular weight excluding hydrogens is 374 g/mol. The minimum absolute atomic E-state index is 0.0264. The van der Waals surface area contributed by atoms with E-state index in [4.69, 9.17) is 16.0 Å². The van der Waals surface area contributed by atoms with Gasteiger partial charge in [0.2, 0.25) is 0 Å². The molecule has 1 fully saturated rings. The van der Waals surface area contributed by atoms with E-state index in [-0.39, 0.29) is 15.7 Å². The lowest BCUT2D eigenvalue weighted by atomic mass is 9.74. The smallest absolute Gasteiger partial charge is 0.184 e. The van der Waals surface area contributed by atoms with Gasteiger partial charge in [-0.2, -0.15) is 0 Å². The fourth-order valence-corrected chi connectivity index (χ4v) is 5.66. The second-order valence-corrected chi connectivity index (χ2v) is 12.7. The highest BCUT2D eigenvalue weighted by Gasteiger charge is 2.50. The Kier molecular flexibility index (Phi) is 5.09. The molecule has 1 aromatic rings. The molecular formula is C18H28ClN3OS2. The Hall–Kier alpha value is -0.140. The third kappa shape index (κ3) is 3.79. The van der Waals surface area contributed by atoms with Gasteiger partial charge in [0.1, 0.15) is 27.5 Å². The summed E-state index contributed by atoms with van der Waals surface area (Å²) in [6.07, 6.45) is 3.00. The first-order valence-electron chi connectivity index (χ1n) is 8.84. The van der Waals surface area contributed by atoms with Crippen LogP contribution in [0.5, 0.6) is 0 Å². The maximum absolute atomic E-state index is 12.7. The zero-order chi connectivity index (χ0) is 18.6. The Balaban J connectivity index is 1.94. The van der Waals surface area contributed by atoms with Gasteiger partial charge in [0.15, 0.2) is 4.47 Å². The number of piperidine rings is 1. The van der Waals surface area contributed by atoms with Crippen molar-refractivity contribution in [1.29, 1.82) is 0 Å². The lowest BCUT2D eigenvalue weighted by Crippen LogP contribution is -2.51. The van der Waals surface area contributed by atoms with E-state index in [0.717, 1.165) is 43.8 Å². The van der Waals surface area contributed by atoms with Crippen LogP contribution >= 0.6 is 22.9 Å². The quantitative estimate of drug-likeness (QED) is 0.651. The average Bonchev–Trinajstić information content (AvgIpc) is 2.93. The third-order valence-electron chi connectivity index (χ3n) is 5.26. The van der Waals surface area contributed by atoms with Crippen LogP contribution in [0.1, 0.15) is 65.0 Å². The molecule has 1 spiro atoms. The van der Waals surface area contributed by atoms with Gasteiger partial charge >= 0.3 is 0 Å². The van der Waals surface area contributed by atoms with Crippen LogP contribution in [0.25, 0.3) is 0 Å². The molecule has 140 valence electrons. The molecule has 1 aliphatic carbocycles. The molecule has 2 aliphatic rings. The standard InChI is InChI=1S/C18H28ClN3OS2/c1-16(2,3)22-9-7-18(8-10-22)11-12-13(20-15(19)24-12)14(18)21-25(23)17(4,5)6/h7-11H2,1-6H3/b21-14+/t25-/m1/s1. The van der Waals surface area contributed by atoms with Crippen LogP contribution in [-0.2, 0) is 17.8 Å². The number of fused-ring (bicyclic) bond motifs is 1. The summed E-state index contributed by atoms with van der Waals surface area (Å²) in [7, 11) is 0. The van der Waals surface area contributed by atoms with Crippen molar-refractivity contribution in [3.63, 3.8) is 0 Å². The molecule has 0 unspecified atom stereocenters. The van der Waals surface area contributed by atoms with Crippen molar-refractivity contribution in [2.45, 2.75) is 71.1 Å².